The third kappa shape index (κ3) is 6.70. The minimum Gasteiger partial charge on any atom is -0.482 e. The Balaban J connectivity index is 1.30. The Kier molecular flexibility index (Phi) is 8.98. The van der Waals surface area contributed by atoms with E-state index in [-0.39, 0.29) is 33.1 Å². The number of halogens is 4. The number of piperazine rings is 1. The summed E-state index contributed by atoms with van der Waals surface area (Å²) in [5, 5.41) is 0.694. The molecule has 216 valence electrons. The number of rotatable bonds is 8. The summed E-state index contributed by atoms with van der Waals surface area (Å²) in [4.78, 5) is 29.2. The van der Waals surface area contributed by atoms with Crippen molar-refractivity contribution in [2.45, 2.75) is 43.3 Å². The van der Waals surface area contributed by atoms with Gasteiger partial charge in [0.25, 0.3) is 5.91 Å². The Bertz CT molecular complexity index is 1530. The summed E-state index contributed by atoms with van der Waals surface area (Å²) in [5.41, 5.74) is -0.737. The molecule has 0 aliphatic carbocycles. The van der Waals surface area contributed by atoms with Crippen molar-refractivity contribution in [2.24, 2.45) is 0 Å². The number of carbonyl (C=O) groups is 1. The lowest BCUT2D eigenvalue weighted by atomic mass is 10.1. The van der Waals surface area contributed by atoms with Crippen LogP contribution in [0, 0.1) is 0 Å². The molecule has 1 aliphatic rings. The Labute approximate surface area is 237 Å². The molecule has 0 saturated carbocycles. The molecule has 8 nitrogen and oxygen atoms in total. The molecule has 0 radical (unpaired) electrons. The molecule has 1 amide bonds. The van der Waals surface area contributed by atoms with Crippen molar-refractivity contribution in [1.82, 2.24) is 9.80 Å². The maximum Gasteiger partial charge on any atom is 0.416 e. The van der Waals surface area contributed by atoms with Crippen LogP contribution < -0.4 is 10.2 Å². The average Bonchev–Trinajstić information content (AvgIpc) is 3.30. The van der Waals surface area contributed by atoms with E-state index >= 15 is 0 Å². The van der Waals surface area contributed by atoms with E-state index in [9.17, 15) is 31.2 Å². The standard InChI is InChI=1S/C26H26ClF3N2O6S2/c1-16(2)40(35,36)22-15-39-24(23(22)27)25(34)32-9-7-31(8-10-32)12-19-11-20(33)21(14-37-19)38-13-17-3-5-18(6-4-17)26(28,29)30/h3-6,11,14-16H,7-10,12-13H2,1-2H3. The summed E-state index contributed by atoms with van der Waals surface area (Å²) >= 11 is 7.30. The highest BCUT2D eigenvalue weighted by molar-refractivity contribution is 7.92. The lowest BCUT2D eigenvalue weighted by Gasteiger charge is -2.34. The monoisotopic (exact) mass is 618 g/mol. The zero-order valence-corrected chi connectivity index (χ0v) is 23.9. The van der Waals surface area contributed by atoms with Gasteiger partial charge in [0.2, 0.25) is 11.2 Å². The van der Waals surface area contributed by atoms with E-state index in [1.165, 1.54) is 29.8 Å². The van der Waals surface area contributed by atoms with E-state index in [0.29, 0.717) is 44.0 Å². The maximum atomic E-state index is 13.0. The summed E-state index contributed by atoms with van der Waals surface area (Å²) < 4.78 is 74.0. The molecular weight excluding hydrogens is 593 g/mol. The largest absolute Gasteiger partial charge is 0.482 e. The van der Waals surface area contributed by atoms with Crippen LogP contribution in [0.15, 0.2) is 56.1 Å². The van der Waals surface area contributed by atoms with Crippen molar-refractivity contribution in [3.05, 3.63) is 79.0 Å². The fourth-order valence-corrected chi connectivity index (χ4v) is 7.02. The van der Waals surface area contributed by atoms with Crippen molar-refractivity contribution in [1.29, 1.82) is 0 Å². The molecule has 3 aromatic rings. The van der Waals surface area contributed by atoms with Gasteiger partial charge in [0.1, 0.15) is 23.5 Å². The minimum absolute atomic E-state index is 0.0297. The van der Waals surface area contributed by atoms with Gasteiger partial charge in [-0.25, -0.2) is 8.42 Å². The van der Waals surface area contributed by atoms with Crippen LogP contribution in [0.5, 0.6) is 5.75 Å². The summed E-state index contributed by atoms with van der Waals surface area (Å²) in [6, 6.07) is 5.74. The van der Waals surface area contributed by atoms with Gasteiger partial charge < -0.3 is 14.1 Å². The van der Waals surface area contributed by atoms with Crippen LogP contribution in [0.1, 0.15) is 40.4 Å². The van der Waals surface area contributed by atoms with Crippen LogP contribution >= 0.6 is 22.9 Å². The first-order valence-electron chi connectivity index (χ1n) is 12.2. The molecule has 40 heavy (non-hydrogen) atoms. The van der Waals surface area contributed by atoms with Crippen LogP contribution in [0.2, 0.25) is 5.02 Å². The summed E-state index contributed by atoms with van der Waals surface area (Å²) in [7, 11) is -3.61. The van der Waals surface area contributed by atoms with Crippen molar-refractivity contribution >= 4 is 38.7 Å². The molecule has 2 aromatic heterocycles. The third-order valence-electron chi connectivity index (χ3n) is 6.39. The lowest BCUT2D eigenvalue weighted by molar-refractivity contribution is -0.137. The third-order valence-corrected chi connectivity index (χ3v) is 10.3. The zero-order valence-electron chi connectivity index (χ0n) is 21.5. The molecule has 3 heterocycles. The fourth-order valence-electron chi connectivity index (χ4n) is 3.97. The van der Waals surface area contributed by atoms with Gasteiger partial charge in [-0.3, -0.25) is 14.5 Å². The number of hydrogen-bond donors (Lipinski definition) is 0. The molecular formula is C26H26ClF3N2O6S2. The van der Waals surface area contributed by atoms with E-state index in [1.807, 2.05) is 4.90 Å². The second kappa shape index (κ2) is 11.9. The van der Waals surface area contributed by atoms with Crippen molar-refractivity contribution in [2.75, 3.05) is 26.2 Å². The van der Waals surface area contributed by atoms with E-state index in [2.05, 4.69) is 0 Å². The number of thiophene rings is 1. The number of amides is 1. The lowest BCUT2D eigenvalue weighted by Crippen LogP contribution is -2.48. The second-order valence-corrected chi connectivity index (χ2v) is 13.2. The van der Waals surface area contributed by atoms with Crippen LogP contribution in [0.3, 0.4) is 0 Å². The Morgan fingerprint density at radius 1 is 1.15 bits per heavy atom. The van der Waals surface area contributed by atoms with Gasteiger partial charge in [-0.1, -0.05) is 23.7 Å². The van der Waals surface area contributed by atoms with Gasteiger partial charge in [-0.2, -0.15) is 13.2 Å². The Morgan fingerprint density at radius 2 is 1.80 bits per heavy atom. The topological polar surface area (TPSA) is 97.1 Å². The van der Waals surface area contributed by atoms with E-state index in [0.717, 1.165) is 23.5 Å². The van der Waals surface area contributed by atoms with Gasteiger partial charge in [0, 0.05) is 37.6 Å². The first-order valence-corrected chi connectivity index (χ1v) is 15.0. The number of nitrogens with zero attached hydrogens (tertiary/aromatic N) is 2. The van der Waals surface area contributed by atoms with Gasteiger partial charge in [-0.15, -0.1) is 11.3 Å². The van der Waals surface area contributed by atoms with Gasteiger partial charge in [-0.05, 0) is 31.5 Å². The van der Waals surface area contributed by atoms with Crippen LogP contribution in [0.25, 0.3) is 0 Å². The quantitative estimate of drug-likeness (QED) is 0.347. The van der Waals surface area contributed by atoms with E-state index in [4.69, 9.17) is 20.8 Å². The molecule has 0 N–H and O–H groups in total. The second-order valence-electron chi connectivity index (χ2n) is 9.46. The number of ether oxygens (including phenoxy) is 1. The Morgan fingerprint density at radius 3 is 2.38 bits per heavy atom. The number of hydrogen-bond acceptors (Lipinski definition) is 8. The molecule has 0 atom stereocenters. The highest BCUT2D eigenvalue weighted by atomic mass is 35.5. The molecule has 1 saturated heterocycles. The highest BCUT2D eigenvalue weighted by Gasteiger charge is 2.31. The molecule has 0 bridgehead atoms. The van der Waals surface area contributed by atoms with Crippen molar-refractivity contribution in [3.8, 4) is 5.75 Å². The predicted octanol–water partition coefficient (Wildman–Crippen LogP) is 5.09. The summed E-state index contributed by atoms with van der Waals surface area (Å²) in [6.07, 6.45) is -3.26. The maximum absolute atomic E-state index is 13.0. The summed E-state index contributed by atoms with van der Waals surface area (Å²) in [5.74, 6) is -0.0110. The zero-order chi connectivity index (χ0) is 29.2. The average molecular weight is 619 g/mol. The number of alkyl halides is 3. The van der Waals surface area contributed by atoms with E-state index < -0.39 is 32.3 Å². The normalized spacial score (nSPS) is 15.0. The van der Waals surface area contributed by atoms with Gasteiger partial charge in [0.15, 0.2) is 9.84 Å². The van der Waals surface area contributed by atoms with Gasteiger partial charge in [0.05, 0.1) is 27.3 Å². The molecule has 1 fully saturated rings. The van der Waals surface area contributed by atoms with Crippen molar-refractivity contribution in [3.63, 3.8) is 0 Å². The fraction of sp³-hybridized carbons (Fsp3) is 0.385. The predicted molar refractivity (Wildman–Crippen MR) is 144 cm³/mol. The van der Waals surface area contributed by atoms with Crippen LogP contribution in [-0.4, -0.2) is 55.6 Å². The molecule has 4 rings (SSSR count). The Hall–Kier alpha value is -2.87. The number of benzene rings is 1. The highest BCUT2D eigenvalue weighted by Crippen LogP contribution is 2.34. The van der Waals surface area contributed by atoms with Crippen LogP contribution in [0.4, 0.5) is 13.2 Å². The molecule has 0 spiro atoms. The summed E-state index contributed by atoms with van der Waals surface area (Å²) in [6.45, 7) is 5.04. The smallest absolute Gasteiger partial charge is 0.416 e. The minimum atomic E-state index is -4.43. The first-order chi connectivity index (χ1) is 18.8. The van der Waals surface area contributed by atoms with Crippen LogP contribution in [-0.2, 0) is 29.2 Å². The van der Waals surface area contributed by atoms with Crippen molar-refractivity contribution < 1.29 is 35.5 Å². The molecule has 1 aromatic carbocycles. The SMILES string of the molecule is CC(C)S(=O)(=O)c1csc(C(=O)N2CCN(Cc3cc(=O)c(OCc4ccc(C(F)(F)F)cc4)co3)CC2)c1Cl. The molecule has 1 aliphatic heterocycles. The molecule has 0 unspecified atom stereocenters. The number of sulfone groups is 1. The number of carbonyl (C=O) groups excluding carboxylic acids is 1. The van der Waals surface area contributed by atoms with Gasteiger partial charge >= 0.3 is 6.18 Å². The van der Waals surface area contributed by atoms with E-state index in [1.54, 1.807) is 18.7 Å². The first kappa shape index (κ1) is 30.1. The molecule has 14 heteroatoms.